The first-order chi connectivity index (χ1) is 14.7. The lowest BCUT2D eigenvalue weighted by Crippen LogP contribution is -2.38. The molecule has 0 spiro atoms. The Hall–Kier alpha value is -2.80. The van der Waals surface area contributed by atoms with Crippen LogP contribution in [0.1, 0.15) is 19.8 Å². The molecule has 4 rings (SSSR count). The molecule has 3 aromatic rings. The van der Waals surface area contributed by atoms with Gasteiger partial charge in [-0.1, -0.05) is 49.0 Å². The molecule has 0 aliphatic carbocycles. The molecule has 2 heterocycles. The van der Waals surface area contributed by atoms with Crippen molar-refractivity contribution < 1.29 is 9.53 Å². The SMILES string of the molecule is COc1ccc(-n2c(SCC(=O)N3CCC(C)CC3)nnc2-c2ccccc2)cc1. The van der Waals surface area contributed by atoms with Gasteiger partial charge >= 0.3 is 0 Å². The predicted octanol–water partition coefficient (Wildman–Crippen LogP) is 4.29. The highest BCUT2D eigenvalue weighted by molar-refractivity contribution is 7.99. The summed E-state index contributed by atoms with van der Waals surface area (Å²) in [6, 6.07) is 17.8. The number of hydrogen-bond acceptors (Lipinski definition) is 5. The summed E-state index contributed by atoms with van der Waals surface area (Å²) in [5, 5.41) is 9.56. The Morgan fingerprint density at radius 3 is 2.43 bits per heavy atom. The predicted molar refractivity (Wildman–Crippen MR) is 119 cm³/mol. The number of nitrogens with zero attached hydrogens (tertiary/aromatic N) is 4. The molecule has 1 aliphatic heterocycles. The number of methoxy groups -OCH3 is 1. The van der Waals surface area contributed by atoms with Gasteiger partial charge in [-0.3, -0.25) is 9.36 Å². The Morgan fingerprint density at radius 1 is 1.07 bits per heavy atom. The molecule has 0 radical (unpaired) electrons. The summed E-state index contributed by atoms with van der Waals surface area (Å²) in [6.45, 7) is 3.95. The molecule has 7 heteroatoms. The molecule has 30 heavy (non-hydrogen) atoms. The Balaban J connectivity index is 1.59. The number of amides is 1. The van der Waals surface area contributed by atoms with E-state index < -0.39 is 0 Å². The van der Waals surface area contributed by atoms with Crippen LogP contribution in [0, 0.1) is 5.92 Å². The van der Waals surface area contributed by atoms with Gasteiger partial charge in [-0.2, -0.15) is 0 Å². The lowest BCUT2D eigenvalue weighted by atomic mass is 9.99. The molecule has 1 aromatic heterocycles. The van der Waals surface area contributed by atoms with E-state index in [0.29, 0.717) is 16.8 Å². The van der Waals surface area contributed by atoms with Crippen LogP contribution in [0.5, 0.6) is 5.75 Å². The van der Waals surface area contributed by atoms with Gasteiger partial charge in [0.2, 0.25) is 5.91 Å². The molecular weight excluding hydrogens is 396 g/mol. The lowest BCUT2D eigenvalue weighted by molar-refractivity contribution is -0.129. The summed E-state index contributed by atoms with van der Waals surface area (Å²) < 4.78 is 7.29. The van der Waals surface area contributed by atoms with Crippen LogP contribution in [0.15, 0.2) is 59.8 Å². The van der Waals surface area contributed by atoms with E-state index in [4.69, 9.17) is 4.74 Å². The minimum Gasteiger partial charge on any atom is -0.497 e. The molecule has 0 unspecified atom stereocenters. The van der Waals surface area contributed by atoms with E-state index in [2.05, 4.69) is 17.1 Å². The fraction of sp³-hybridized carbons (Fsp3) is 0.348. The van der Waals surface area contributed by atoms with E-state index in [1.807, 2.05) is 64.1 Å². The van der Waals surface area contributed by atoms with Crippen molar-refractivity contribution in [3.63, 3.8) is 0 Å². The molecule has 0 atom stereocenters. The summed E-state index contributed by atoms with van der Waals surface area (Å²) in [5.41, 5.74) is 1.91. The number of aromatic nitrogens is 3. The molecule has 1 amide bonds. The number of likely N-dealkylation sites (tertiary alicyclic amines) is 1. The Bertz CT molecular complexity index is 980. The molecule has 2 aromatic carbocycles. The van der Waals surface area contributed by atoms with Crippen LogP contribution in [0.2, 0.25) is 0 Å². The molecule has 6 nitrogen and oxygen atoms in total. The van der Waals surface area contributed by atoms with Crippen LogP contribution >= 0.6 is 11.8 Å². The second-order valence-corrected chi connectivity index (χ2v) is 8.50. The summed E-state index contributed by atoms with van der Waals surface area (Å²) >= 11 is 1.44. The smallest absolute Gasteiger partial charge is 0.233 e. The Morgan fingerprint density at radius 2 is 1.77 bits per heavy atom. The first-order valence-corrected chi connectivity index (χ1v) is 11.2. The average molecular weight is 423 g/mol. The number of hydrogen-bond donors (Lipinski definition) is 0. The van der Waals surface area contributed by atoms with Gasteiger partial charge in [0.05, 0.1) is 12.9 Å². The topological polar surface area (TPSA) is 60.2 Å². The molecule has 1 saturated heterocycles. The van der Waals surface area contributed by atoms with Gasteiger partial charge in [0.15, 0.2) is 11.0 Å². The van der Waals surface area contributed by atoms with Gasteiger partial charge in [-0.25, -0.2) is 0 Å². The fourth-order valence-electron chi connectivity index (χ4n) is 3.58. The Kier molecular flexibility index (Phi) is 6.38. The van der Waals surface area contributed by atoms with Gasteiger partial charge < -0.3 is 9.64 Å². The van der Waals surface area contributed by atoms with Crippen molar-refractivity contribution in [2.24, 2.45) is 5.92 Å². The highest BCUT2D eigenvalue weighted by Gasteiger charge is 2.22. The van der Waals surface area contributed by atoms with E-state index in [-0.39, 0.29) is 5.91 Å². The highest BCUT2D eigenvalue weighted by atomic mass is 32.2. The van der Waals surface area contributed by atoms with Gasteiger partial charge in [-0.15, -0.1) is 10.2 Å². The molecule has 0 N–H and O–H groups in total. The van der Waals surface area contributed by atoms with Crippen LogP contribution in [-0.4, -0.2) is 51.5 Å². The van der Waals surface area contributed by atoms with E-state index in [0.717, 1.165) is 48.8 Å². The van der Waals surface area contributed by atoms with Crippen molar-refractivity contribution in [3.05, 3.63) is 54.6 Å². The van der Waals surface area contributed by atoms with E-state index in [1.54, 1.807) is 7.11 Å². The quantitative estimate of drug-likeness (QED) is 0.555. The molecule has 0 bridgehead atoms. The molecule has 1 aliphatic rings. The van der Waals surface area contributed by atoms with E-state index in [9.17, 15) is 4.79 Å². The van der Waals surface area contributed by atoms with Crippen LogP contribution in [-0.2, 0) is 4.79 Å². The largest absolute Gasteiger partial charge is 0.497 e. The Labute approximate surface area is 181 Å². The molecule has 156 valence electrons. The third-order valence-corrected chi connectivity index (χ3v) is 6.37. The van der Waals surface area contributed by atoms with Crippen LogP contribution in [0.4, 0.5) is 0 Å². The number of rotatable bonds is 6. The second-order valence-electron chi connectivity index (χ2n) is 7.56. The van der Waals surface area contributed by atoms with Crippen molar-refractivity contribution in [2.75, 3.05) is 26.0 Å². The van der Waals surface area contributed by atoms with Crippen molar-refractivity contribution in [2.45, 2.75) is 24.9 Å². The van der Waals surface area contributed by atoms with E-state index in [1.165, 1.54) is 11.8 Å². The fourth-order valence-corrected chi connectivity index (χ4v) is 4.43. The maximum atomic E-state index is 12.7. The van der Waals surface area contributed by atoms with Crippen LogP contribution in [0.25, 0.3) is 17.1 Å². The zero-order valence-electron chi connectivity index (χ0n) is 17.3. The monoisotopic (exact) mass is 422 g/mol. The number of carbonyl (C=O) groups excluding carboxylic acids is 1. The first-order valence-electron chi connectivity index (χ1n) is 10.2. The normalized spacial score (nSPS) is 14.7. The van der Waals surface area contributed by atoms with Crippen LogP contribution < -0.4 is 4.74 Å². The zero-order chi connectivity index (χ0) is 20.9. The van der Waals surface area contributed by atoms with Gasteiger partial charge in [0, 0.05) is 24.3 Å². The second kappa shape index (κ2) is 9.34. The summed E-state index contributed by atoms with van der Waals surface area (Å²) in [6.07, 6.45) is 2.16. The zero-order valence-corrected chi connectivity index (χ0v) is 18.1. The third kappa shape index (κ3) is 4.51. The first kappa shape index (κ1) is 20.5. The number of thioether (sulfide) groups is 1. The van der Waals surface area contributed by atoms with Crippen molar-refractivity contribution in [3.8, 4) is 22.8 Å². The number of carbonyl (C=O) groups is 1. The minimum absolute atomic E-state index is 0.164. The number of piperidine rings is 1. The van der Waals surface area contributed by atoms with Gasteiger partial charge in [-0.05, 0) is 43.0 Å². The maximum absolute atomic E-state index is 12.7. The molecule has 0 saturated carbocycles. The summed E-state index contributed by atoms with van der Waals surface area (Å²) in [4.78, 5) is 14.7. The summed E-state index contributed by atoms with van der Waals surface area (Å²) in [5.74, 6) is 2.77. The minimum atomic E-state index is 0.164. The average Bonchev–Trinajstić information content (AvgIpc) is 3.22. The summed E-state index contributed by atoms with van der Waals surface area (Å²) in [7, 11) is 1.65. The standard InChI is InChI=1S/C23H26N4O2S/c1-17-12-14-26(15-13-17)21(28)16-30-23-25-24-22(18-6-4-3-5-7-18)27(23)19-8-10-20(29-2)11-9-19/h3-11,17H,12-16H2,1-2H3. The van der Waals surface area contributed by atoms with Crippen molar-refractivity contribution >= 4 is 17.7 Å². The molecular formula is C23H26N4O2S. The van der Waals surface area contributed by atoms with Gasteiger partial charge in [0.1, 0.15) is 5.75 Å². The highest BCUT2D eigenvalue weighted by Crippen LogP contribution is 2.29. The lowest BCUT2D eigenvalue weighted by Gasteiger charge is -2.30. The molecule has 1 fully saturated rings. The van der Waals surface area contributed by atoms with E-state index >= 15 is 0 Å². The number of benzene rings is 2. The van der Waals surface area contributed by atoms with Crippen molar-refractivity contribution in [1.82, 2.24) is 19.7 Å². The van der Waals surface area contributed by atoms with Crippen LogP contribution in [0.3, 0.4) is 0 Å². The number of ether oxygens (including phenoxy) is 1. The van der Waals surface area contributed by atoms with Crippen molar-refractivity contribution in [1.29, 1.82) is 0 Å². The maximum Gasteiger partial charge on any atom is 0.233 e. The van der Waals surface area contributed by atoms with Gasteiger partial charge in [0.25, 0.3) is 0 Å². The third-order valence-electron chi connectivity index (χ3n) is 5.46.